The quantitative estimate of drug-likeness (QED) is 0.453. The summed E-state index contributed by atoms with van der Waals surface area (Å²) >= 11 is 0. The summed E-state index contributed by atoms with van der Waals surface area (Å²) in [7, 11) is 0. The van der Waals surface area contributed by atoms with Crippen LogP contribution in [-0.4, -0.2) is 30.0 Å². The predicted molar refractivity (Wildman–Crippen MR) is 99.2 cm³/mol. The molecule has 5 heteroatoms. The fourth-order valence-corrected chi connectivity index (χ4v) is 3.26. The van der Waals surface area contributed by atoms with Crippen LogP contribution in [-0.2, 0) is 0 Å². The van der Waals surface area contributed by atoms with Crippen molar-refractivity contribution in [2.75, 3.05) is 13.1 Å². The van der Waals surface area contributed by atoms with E-state index in [1.807, 2.05) is 12.1 Å². The number of likely N-dealkylation sites (tertiary alicyclic amines) is 1. The highest BCUT2D eigenvalue weighted by Gasteiger charge is 2.32. The number of rotatable bonds is 2. The summed E-state index contributed by atoms with van der Waals surface area (Å²) in [6, 6.07) is 7.32. The van der Waals surface area contributed by atoms with Gasteiger partial charge in [0.15, 0.2) is 5.96 Å². The van der Waals surface area contributed by atoms with E-state index in [0.29, 0.717) is 11.9 Å². The number of benzene rings is 1. The van der Waals surface area contributed by atoms with Gasteiger partial charge in [0.2, 0.25) is 0 Å². The van der Waals surface area contributed by atoms with Gasteiger partial charge in [-0.15, -0.1) is 24.0 Å². The lowest BCUT2D eigenvalue weighted by atomic mass is 9.76. The lowest BCUT2D eigenvalue weighted by Gasteiger charge is -2.36. The summed E-state index contributed by atoms with van der Waals surface area (Å²) in [6.07, 6.45) is 4.20. The van der Waals surface area contributed by atoms with Crippen molar-refractivity contribution in [1.82, 2.24) is 4.90 Å². The molecule has 3 nitrogen and oxygen atoms in total. The number of guanidine groups is 1. The lowest BCUT2D eigenvalue weighted by Crippen LogP contribution is -2.44. The van der Waals surface area contributed by atoms with E-state index in [-0.39, 0.29) is 35.8 Å². The van der Waals surface area contributed by atoms with Crippen LogP contribution < -0.4 is 5.73 Å². The largest absolute Gasteiger partial charge is 0.370 e. The molecule has 0 atom stereocenters. The smallest absolute Gasteiger partial charge is 0.191 e. The summed E-state index contributed by atoms with van der Waals surface area (Å²) in [5, 5.41) is 0. The highest BCUT2D eigenvalue weighted by atomic mass is 127. The summed E-state index contributed by atoms with van der Waals surface area (Å²) in [4.78, 5) is 6.83. The molecule has 122 valence electrons. The van der Waals surface area contributed by atoms with Gasteiger partial charge < -0.3 is 10.6 Å². The highest BCUT2D eigenvalue weighted by molar-refractivity contribution is 14.0. The molecule has 3 rings (SSSR count). The first kappa shape index (κ1) is 17.5. The number of hydrogen-bond acceptors (Lipinski definition) is 1. The van der Waals surface area contributed by atoms with Crippen molar-refractivity contribution in [2.45, 2.75) is 44.6 Å². The maximum atomic E-state index is 13.7. The number of piperidine rings is 1. The molecular weight excluding hydrogens is 392 g/mol. The molecule has 1 saturated heterocycles. The number of aliphatic imine (C=N–C) groups is 1. The van der Waals surface area contributed by atoms with Crippen molar-refractivity contribution in [3.63, 3.8) is 0 Å². The molecular formula is C17H25FIN3. The molecule has 1 aliphatic carbocycles. The van der Waals surface area contributed by atoms with E-state index in [9.17, 15) is 4.39 Å². The molecule has 0 spiro atoms. The molecule has 1 aromatic carbocycles. The van der Waals surface area contributed by atoms with Gasteiger partial charge in [0.1, 0.15) is 5.82 Å². The monoisotopic (exact) mass is 417 g/mol. The third-order valence-corrected chi connectivity index (χ3v) is 4.88. The van der Waals surface area contributed by atoms with Crippen LogP contribution in [0.3, 0.4) is 0 Å². The third-order valence-electron chi connectivity index (χ3n) is 4.88. The van der Waals surface area contributed by atoms with Gasteiger partial charge in [-0.1, -0.05) is 25.1 Å². The highest BCUT2D eigenvalue weighted by Crippen LogP contribution is 2.39. The van der Waals surface area contributed by atoms with Crippen LogP contribution >= 0.6 is 24.0 Å². The van der Waals surface area contributed by atoms with Crippen LogP contribution in [0, 0.1) is 11.7 Å². The van der Waals surface area contributed by atoms with Crippen LogP contribution in [0.1, 0.15) is 44.1 Å². The molecule has 2 aliphatic rings. The third kappa shape index (κ3) is 3.91. The standard InChI is InChI=1S/C17H24FN3.HI/c1-12-6-8-21(9-7-12)17(19)20-14-10-13(11-14)15-4-2-3-5-16(15)18;/h2-5,12-14H,6-11H2,1H3,(H2,19,20);1H. The molecule has 1 saturated carbocycles. The lowest BCUT2D eigenvalue weighted by molar-refractivity contribution is 0.272. The second-order valence-corrected chi connectivity index (χ2v) is 6.50. The molecule has 1 heterocycles. The minimum Gasteiger partial charge on any atom is -0.370 e. The Labute approximate surface area is 149 Å². The Morgan fingerprint density at radius 3 is 2.50 bits per heavy atom. The number of nitrogens with zero attached hydrogens (tertiary/aromatic N) is 2. The van der Waals surface area contributed by atoms with E-state index >= 15 is 0 Å². The molecule has 1 aromatic rings. The first-order valence-corrected chi connectivity index (χ1v) is 7.96. The van der Waals surface area contributed by atoms with Gasteiger partial charge in [0, 0.05) is 13.1 Å². The topological polar surface area (TPSA) is 41.6 Å². The maximum absolute atomic E-state index is 13.7. The Morgan fingerprint density at radius 1 is 1.23 bits per heavy atom. The van der Waals surface area contributed by atoms with Crippen molar-refractivity contribution in [3.05, 3.63) is 35.6 Å². The van der Waals surface area contributed by atoms with Crippen molar-refractivity contribution >= 4 is 29.9 Å². The number of halogens is 2. The van der Waals surface area contributed by atoms with Crippen molar-refractivity contribution < 1.29 is 4.39 Å². The molecule has 22 heavy (non-hydrogen) atoms. The van der Waals surface area contributed by atoms with E-state index in [0.717, 1.165) is 37.4 Å². The maximum Gasteiger partial charge on any atom is 0.191 e. The first-order valence-electron chi connectivity index (χ1n) is 7.96. The zero-order valence-corrected chi connectivity index (χ0v) is 15.4. The molecule has 2 N–H and O–H groups in total. The molecule has 0 bridgehead atoms. The Kier molecular flexibility index (Phi) is 6.06. The van der Waals surface area contributed by atoms with Crippen LogP contribution in [0.15, 0.2) is 29.3 Å². The van der Waals surface area contributed by atoms with E-state index in [4.69, 9.17) is 5.73 Å². The molecule has 2 fully saturated rings. The van der Waals surface area contributed by atoms with Gasteiger partial charge in [0.25, 0.3) is 0 Å². The minimum atomic E-state index is -0.0945. The van der Waals surface area contributed by atoms with E-state index in [1.165, 1.54) is 18.9 Å². The number of hydrogen-bond donors (Lipinski definition) is 1. The van der Waals surface area contributed by atoms with Gasteiger partial charge in [-0.05, 0) is 49.1 Å². The van der Waals surface area contributed by atoms with E-state index in [1.54, 1.807) is 6.07 Å². The fourth-order valence-electron chi connectivity index (χ4n) is 3.26. The Balaban J connectivity index is 0.00000176. The van der Waals surface area contributed by atoms with Crippen molar-refractivity contribution in [3.8, 4) is 0 Å². The van der Waals surface area contributed by atoms with Crippen molar-refractivity contribution in [1.29, 1.82) is 0 Å². The SMILES string of the molecule is CC1CCN(C(N)=NC2CC(c3ccccc3F)C2)CC1.I. The van der Waals surface area contributed by atoms with E-state index < -0.39 is 0 Å². The van der Waals surface area contributed by atoms with Crippen molar-refractivity contribution in [2.24, 2.45) is 16.6 Å². The molecule has 1 aliphatic heterocycles. The van der Waals surface area contributed by atoms with Crippen LogP contribution in [0.2, 0.25) is 0 Å². The van der Waals surface area contributed by atoms with Gasteiger partial charge in [-0.3, -0.25) is 0 Å². The Hall–Kier alpha value is -0.850. The normalized spacial score (nSPS) is 26.3. The minimum absolute atomic E-state index is 0. The second kappa shape index (κ2) is 7.62. The average molecular weight is 417 g/mol. The second-order valence-electron chi connectivity index (χ2n) is 6.50. The zero-order valence-electron chi connectivity index (χ0n) is 13.0. The zero-order chi connectivity index (χ0) is 14.8. The van der Waals surface area contributed by atoms with Gasteiger partial charge in [0.05, 0.1) is 6.04 Å². The van der Waals surface area contributed by atoms with Crippen LogP contribution in [0.5, 0.6) is 0 Å². The fraction of sp³-hybridized carbons (Fsp3) is 0.588. The molecule has 0 amide bonds. The summed E-state index contributed by atoms with van der Waals surface area (Å²) < 4.78 is 13.7. The molecule has 0 aromatic heterocycles. The van der Waals surface area contributed by atoms with Gasteiger partial charge in [-0.25, -0.2) is 9.38 Å². The molecule has 0 unspecified atom stereocenters. The Morgan fingerprint density at radius 2 is 1.86 bits per heavy atom. The summed E-state index contributed by atoms with van der Waals surface area (Å²) in [5.74, 6) is 1.68. The predicted octanol–water partition coefficient (Wildman–Crippen LogP) is 3.74. The van der Waals surface area contributed by atoms with E-state index in [2.05, 4.69) is 16.8 Å². The van der Waals surface area contributed by atoms with Crippen LogP contribution in [0.4, 0.5) is 4.39 Å². The summed E-state index contributed by atoms with van der Waals surface area (Å²) in [6.45, 7) is 4.32. The van der Waals surface area contributed by atoms with Crippen LogP contribution in [0.25, 0.3) is 0 Å². The van der Waals surface area contributed by atoms with Gasteiger partial charge >= 0.3 is 0 Å². The van der Waals surface area contributed by atoms with Gasteiger partial charge in [-0.2, -0.15) is 0 Å². The first-order chi connectivity index (χ1) is 10.1. The molecule has 0 radical (unpaired) electrons. The average Bonchev–Trinajstić information content (AvgIpc) is 2.44. The number of nitrogens with two attached hydrogens (primary N) is 1. The summed E-state index contributed by atoms with van der Waals surface area (Å²) in [5.41, 5.74) is 6.95. The Bertz CT molecular complexity index is 520.